The Labute approximate surface area is 144 Å². The van der Waals surface area contributed by atoms with Gasteiger partial charge in [0.25, 0.3) is 0 Å². The van der Waals surface area contributed by atoms with E-state index < -0.39 is 0 Å². The summed E-state index contributed by atoms with van der Waals surface area (Å²) in [4.78, 5) is 26.2. The quantitative estimate of drug-likeness (QED) is 0.783. The molecular formula is C16H28ClN3O3. The van der Waals surface area contributed by atoms with Crippen molar-refractivity contribution in [3.05, 3.63) is 0 Å². The zero-order valence-corrected chi connectivity index (χ0v) is 14.6. The Balaban J connectivity index is 0.00000192. The van der Waals surface area contributed by atoms with Crippen LogP contribution in [0.2, 0.25) is 0 Å². The monoisotopic (exact) mass is 345 g/mol. The maximum absolute atomic E-state index is 13.2. The number of fused-ring (bicyclic) bond motifs is 1. The first-order chi connectivity index (χ1) is 10.6. The van der Waals surface area contributed by atoms with Gasteiger partial charge >= 0.3 is 0 Å². The van der Waals surface area contributed by atoms with Gasteiger partial charge in [0.05, 0.1) is 18.1 Å². The van der Waals surface area contributed by atoms with Crippen LogP contribution in [-0.4, -0.2) is 62.1 Å². The minimum Gasteiger partial charge on any atom is -0.373 e. The molecule has 0 aromatic rings. The summed E-state index contributed by atoms with van der Waals surface area (Å²) < 4.78 is 5.68. The fourth-order valence-corrected chi connectivity index (χ4v) is 4.27. The van der Waals surface area contributed by atoms with Gasteiger partial charge in [-0.2, -0.15) is 0 Å². The van der Waals surface area contributed by atoms with Crippen molar-refractivity contribution in [1.82, 2.24) is 15.5 Å². The molecule has 0 spiro atoms. The predicted molar refractivity (Wildman–Crippen MR) is 89.5 cm³/mol. The topological polar surface area (TPSA) is 70.7 Å². The van der Waals surface area contributed by atoms with Crippen LogP contribution in [0.25, 0.3) is 0 Å². The second-order valence-corrected chi connectivity index (χ2v) is 6.91. The SMILES string of the molecule is CC(=O)NCC1CN(C(=O)[C@@]23CCCC[C@H]2CNC3)CCO1.Cl. The summed E-state index contributed by atoms with van der Waals surface area (Å²) in [6.45, 7) is 5.60. The van der Waals surface area contributed by atoms with E-state index in [9.17, 15) is 9.59 Å². The van der Waals surface area contributed by atoms with Gasteiger partial charge in [-0.15, -0.1) is 12.4 Å². The standard InChI is InChI=1S/C16H27N3O3.ClH/c1-12(20)18-9-14-10-19(6-7-22-14)15(21)16-5-3-2-4-13(16)8-17-11-16;/h13-14,17H,2-11H2,1H3,(H,18,20);1H/t13-,14?,16+;/m0./s1. The van der Waals surface area contributed by atoms with E-state index in [4.69, 9.17) is 4.74 Å². The molecule has 1 unspecified atom stereocenters. The average Bonchev–Trinajstić information content (AvgIpc) is 2.97. The third kappa shape index (κ3) is 3.80. The molecule has 0 aromatic carbocycles. The molecule has 1 aliphatic carbocycles. The van der Waals surface area contributed by atoms with E-state index in [-0.39, 0.29) is 29.8 Å². The van der Waals surface area contributed by atoms with Crippen LogP contribution in [0.4, 0.5) is 0 Å². The Morgan fingerprint density at radius 3 is 3.00 bits per heavy atom. The van der Waals surface area contributed by atoms with Crippen LogP contribution in [0.5, 0.6) is 0 Å². The van der Waals surface area contributed by atoms with Crippen LogP contribution in [0, 0.1) is 11.3 Å². The molecule has 3 fully saturated rings. The lowest BCUT2D eigenvalue weighted by molar-refractivity contribution is -0.152. The fourth-order valence-electron chi connectivity index (χ4n) is 4.27. The van der Waals surface area contributed by atoms with Gasteiger partial charge in [0.2, 0.25) is 11.8 Å². The van der Waals surface area contributed by atoms with Gasteiger partial charge in [-0.25, -0.2) is 0 Å². The lowest BCUT2D eigenvalue weighted by Gasteiger charge is -2.43. The number of ether oxygens (including phenoxy) is 1. The molecule has 23 heavy (non-hydrogen) atoms. The molecule has 2 heterocycles. The van der Waals surface area contributed by atoms with E-state index in [2.05, 4.69) is 10.6 Å². The maximum Gasteiger partial charge on any atom is 0.230 e. The minimum atomic E-state index is -0.186. The van der Waals surface area contributed by atoms with E-state index in [1.54, 1.807) is 0 Å². The molecule has 2 aliphatic heterocycles. The second kappa shape index (κ2) is 7.81. The molecule has 2 N–H and O–H groups in total. The predicted octanol–water partition coefficient (Wildman–Crippen LogP) is 0.551. The van der Waals surface area contributed by atoms with E-state index in [0.717, 1.165) is 25.9 Å². The molecular weight excluding hydrogens is 318 g/mol. The second-order valence-electron chi connectivity index (χ2n) is 6.91. The number of nitrogens with one attached hydrogen (secondary N) is 2. The maximum atomic E-state index is 13.2. The van der Waals surface area contributed by atoms with Gasteiger partial charge in [0.1, 0.15) is 0 Å². The Bertz CT molecular complexity index is 448. The van der Waals surface area contributed by atoms with Crippen LogP contribution >= 0.6 is 12.4 Å². The lowest BCUT2D eigenvalue weighted by Crippen LogP contribution is -2.56. The number of rotatable bonds is 3. The van der Waals surface area contributed by atoms with Crippen molar-refractivity contribution in [2.75, 3.05) is 39.3 Å². The summed E-state index contributed by atoms with van der Waals surface area (Å²) in [6, 6.07) is 0. The minimum absolute atomic E-state index is 0. The van der Waals surface area contributed by atoms with Gasteiger partial charge in [-0.05, 0) is 25.3 Å². The van der Waals surface area contributed by atoms with E-state index in [1.165, 1.54) is 19.8 Å². The molecule has 2 saturated heterocycles. The van der Waals surface area contributed by atoms with Crippen LogP contribution in [-0.2, 0) is 14.3 Å². The fraction of sp³-hybridized carbons (Fsp3) is 0.875. The highest BCUT2D eigenvalue weighted by Gasteiger charge is 2.51. The molecule has 6 nitrogen and oxygen atoms in total. The summed E-state index contributed by atoms with van der Waals surface area (Å²) >= 11 is 0. The molecule has 0 bridgehead atoms. The van der Waals surface area contributed by atoms with E-state index in [1.807, 2.05) is 4.90 Å². The van der Waals surface area contributed by atoms with Crippen molar-refractivity contribution in [3.8, 4) is 0 Å². The number of nitrogens with zero attached hydrogens (tertiary/aromatic N) is 1. The number of morpholine rings is 1. The number of carbonyl (C=O) groups is 2. The summed E-state index contributed by atoms with van der Waals surface area (Å²) in [5.41, 5.74) is -0.186. The van der Waals surface area contributed by atoms with Gasteiger partial charge in [0, 0.05) is 33.1 Å². The average molecular weight is 346 g/mol. The van der Waals surface area contributed by atoms with Crippen molar-refractivity contribution < 1.29 is 14.3 Å². The largest absolute Gasteiger partial charge is 0.373 e. The van der Waals surface area contributed by atoms with Gasteiger partial charge in [-0.1, -0.05) is 12.8 Å². The molecule has 3 rings (SSSR count). The number of hydrogen-bond acceptors (Lipinski definition) is 4. The first-order valence-corrected chi connectivity index (χ1v) is 8.48. The van der Waals surface area contributed by atoms with E-state index in [0.29, 0.717) is 38.1 Å². The zero-order chi connectivity index (χ0) is 15.6. The van der Waals surface area contributed by atoms with E-state index >= 15 is 0 Å². The molecule has 3 atom stereocenters. The van der Waals surface area contributed by atoms with Crippen molar-refractivity contribution >= 4 is 24.2 Å². The number of halogens is 1. The van der Waals surface area contributed by atoms with Crippen LogP contribution < -0.4 is 10.6 Å². The van der Waals surface area contributed by atoms with Crippen molar-refractivity contribution in [1.29, 1.82) is 0 Å². The molecule has 2 amide bonds. The molecule has 1 saturated carbocycles. The molecule has 132 valence electrons. The molecule has 0 radical (unpaired) electrons. The number of hydrogen-bond donors (Lipinski definition) is 2. The number of amides is 2. The van der Waals surface area contributed by atoms with Gasteiger partial charge < -0.3 is 20.3 Å². The third-order valence-electron chi connectivity index (χ3n) is 5.47. The Hall–Kier alpha value is -0.850. The van der Waals surface area contributed by atoms with Crippen LogP contribution in [0.15, 0.2) is 0 Å². The van der Waals surface area contributed by atoms with Crippen LogP contribution in [0.3, 0.4) is 0 Å². The Kier molecular flexibility index (Phi) is 6.28. The molecule has 3 aliphatic rings. The van der Waals surface area contributed by atoms with Crippen molar-refractivity contribution in [3.63, 3.8) is 0 Å². The van der Waals surface area contributed by atoms with Crippen molar-refractivity contribution in [2.45, 2.75) is 38.7 Å². The summed E-state index contributed by atoms with van der Waals surface area (Å²) in [5, 5.41) is 6.23. The Morgan fingerprint density at radius 1 is 1.39 bits per heavy atom. The van der Waals surface area contributed by atoms with Gasteiger partial charge in [-0.3, -0.25) is 9.59 Å². The first-order valence-electron chi connectivity index (χ1n) is 8.48. The molecule has 0 aromatic heterocycles. The normalized spacial score (nSPS) is 33.5. The van der Waals surface area contributed by atoms with Crippen molar-refractivity contribution in [2.24, 2.45) is 11.3 Å². The van der Waals surface area contributed by atoms with Crippen LogP contribution in [0.1, 0.15) is 32.6 Å². The highest BCUT2D eigenvalue weighted by atomic mass is 35.5. The highest BCUT2D eigenvalue weighted by Crippen LogP contribution is 2.45. The summed E-state index contributed by atoms with van der Waals surface area (Å²) in [7, 11) is 0. The lowest BCUT2D eigenvalue weighted by atomic mass is 9.67. The molecule has 7 heteroatoms. The highest BCUT2D eigenvalue weighted by molar-refractivity contribution is 5.85. The zero-order valence-electron chi connectivity index (χ0n) is 13.8. The Morgan fingerprint density at radius 2 is 2.22 bits per heavy atom. The smallest absolute Gasteiger partial charge is 0.230 e. The first kappa shape index (κ1) is 18.5. The summed E-state index contributed by atoms with van der Waals surface area (Å²) in [5.74, 6) is 0.738. The van der Waals surface area contributed by atoms with Gasteiger partial charge in [0.15, 0.2) is 0 Å². The summed E-state index contributed by atoms with van der Waals surface area (Å²) in [6.07, 6.45) is 4.49. The third-order valence-corrected chi connectivity index (χ3v) is 5.47. The number of carbonyl (C=O) groups excluding carboxylic acids is 2.